The van der Waals surface area contributed by atoms with Crippen molar-refractivity contribution in [3.63, 3.8) is 0 Å². The summed E-state index contributed by atoms with van der Waals surface area (Å²) >= 11 is 6.04. The zero-order valence-electron chi connectivity index (χ0n) is 17.1. The van der Waals surface area contributed by atoms with Crippen molar-refractivity contribution >= 4 is 29.0 Å². The number of hydrogen-bond acceptors (Lipinski definition) is 5. The van der Waals surface area contributed by atoms with Crippen LogP contribution < -0.4 is 15.0 Å². The molecule has 0 unspecified atom stereocenters. The summed E-state index contributed by atoms with van der Waals surface area (Å²) in [6.07, 6.45) is -2.83. The number of nitrogens with zero attached hydrogens (tertiary/aromatic N) is 3. The second kappa shape index (κ2) is 10.2. The van der Waals surface area contributed by atoms with Crippen LogP contribution in [0.1, 0.15) is 18.9 Å². The van der Waals surface area contributed by atoms with Gasteiger partial charge in [-0.1, -0.05) is 30.7 Å². The monoisotopic (exact) mass is 456 g/mol. The van der Waals surface area contributed by atoms with Gasteiger partial charge in [0.2, 0.25) is 5.91 Å². The maximum absolute atomic E-state index is 12.8. The summed E-state index contributed by atoms with van der Waals surface area (Å²) in [6.45, 7) is 4.89. The smallest absolute Gasteiger partial charge is 0.417 e. The Morgan fingerprint density at radius 1 is 1.23 bits per heavy atom. The van der Waals surface area contributed by atoms with Crippen molar-refractivity contribution in [2.75, 3.05) is 49.5 Å². The Morgan fingerprint density at radius 2 is 1.94 bits per heavy atom. The number of halogens is 4. The van der Waals surface area contributed by atoms with Crippen LogP contribution in [0.2, 0.25) is 5.02 Å². The number of para-hydroxylation sites is 2. The quantitative estimate of drug-likeness (QED) is 0.673. The lowest BCUT2D eigenvalue weighted by atomic mass is 10.2. The van der Waals surface area contributed by atoms with Crippen LogP contribution in [-0.4, -0.2) is 55.1 Å². The fraction of sp³-hybridized carbons (Fsp3) is 0.429. The van der Waals surface area contributed by atoms with Gasteiger partial charge in [0.15, 0.2) is 0 Å². The Bertz CT molecular complexity index is 902. The Balaban J connectivity index is 1.53. The third-order valence-corrected chi connectivity index (χ3v) is 5.09. The highest BCUT2D eigenvalue weighted by Crippen LogP contribution is 2.33. The highest BCUT2D eigenvalue weighted by molar-refractivity contribution is 6.33. The second-order valence-corrected chi connectivity index (χ2v) is 7.59. The van der Waals surface area contributed by atoms with Crippen molar-refractivity contribution in [1.29, 1.82) is 0 Å². The second-order valence-electron chi connectivity index (χ2n) is 7.18. The van der Waals surface area contributed by atoms with E-state index in [-0.39, 0.29) is 17.5 Å². The number of carbonyl (C=O) groups excluding carboxylic acids is 1. The van der Waals surface area contributed by atoms with E-state index in [1.165, 1.54) is 0 Å². The predicted octanol–water partition coefficient (Wildman–Crippen LogP) is 4.30. The first-order valence-corrected chi connectivity index (χ1v) is 10.4. The lowest BCUT2D eigenvalue weighted by molar-refractivity contribution is -0.137. The van der Waals surface area contributed by atoms with Crippen molar-refractivity contribution in [3.8, 4) is 5.75 Å². The summed E-state index contributed by atoms with van der Waals surface area (Å²) in [5.41, 5.74) is -0.250. The van der Waals surface area contributed by atoms with E-state index in [0.29, 0.717) is 50.0 Å². The van der Waals surface area contributed by atoms with E-state index in [0.717, 1.165) is 18.7 Å². The number of rotatable bonds is 7. The normalized spacial score (nSPS) is 15.1. The molecule has 1 N–H and O–H groups in total. The molecule has 0 atom stereocenters. The van der Waals surface area contributed by atoms with E-state index in [9.17, 15) is 18.0 Å². The number of ether oxygens (including phenoxy) is 1. The van der Waals surface area contributed by atoms with Gasteiger partial charge in [-0.2, -0.15) is 13.2 Å². The van der Waals surface area contributed by atoms with Crippen LogP contribution in [0.5, 0.6) is 5.75 Å². The molecule has 0 aliphatic carbocycles. The molecule has 3 rings (SSSR count). The molecule has 31 heavy (non-hydrogen) atoms. The molecule has 1 saturated heterocycles. The van der Waals surface area contributed by atoms with Gasteiger partial charge in [0, 0.05) is 32.4 Å². The molecule has 1 aliphatic rings. The van der Waals surface area contributed by atoms with Crippen LogP contribution in [0.3, 0.4) is 0 Å². The molecule has 1 aromatic heterocycles. The van der Waals surface area contributed by atoms with Gasteiger partial charge in [-0.25, -0.2) is 4.98 Å². The average Bonchev–Trinajstić information content (AvgIpc) is 2.73. The van der Waals surface area contributed by atoms with E-state index in [1.807, 2.05) is 34.9 Å². The third-order valence-electron chi connectivity index (χ3n) is 4.81. The number of aromatic nitrogens is 1. The van der Waals surface area contributed by atoms with E-state index in [2.05, 4.69) is 10.3 Å². The fourth-order valence-electron chi connectivity index (χ4n) is 3.24. The number of nitrogens with one attached hydrogen (secondary N) is 1. The third kappa shape index (κ3) is 6.24. The van der Waals surface area contributed by atoms with Gasteiger partial charge in [-0.15, -0.1) is 0 Å². The maximum Gasteiger partial charge on any atom is 0.417 e. The maximum atomic E-state index is 12.8. The molecule has 0 bridgehead atoms. The van der Waals surface area contributed by atoms with Crippen molar-refractivity contribution in [3.05, 3.63) is 47.1 Å². The Labute approximate surface area is 183 Å². The van der Waals surface area contributed by atoms with E-state index >= 15 is 0 Å². The number of amides is 1. The molecular weight excluding hydrogens is 433 g/mol. The number of pyridine rings is 1. The molecule has 168 valence electrons. The minimum absolute atomic E-state index is 0.0373. The summed E-state index contributed by atoms with van der Waals surface area (Å²) in [5, 5.41) is 2.84. The molecule has 2 aromatic rings. The van der Waals surface area contributed by atoms with Crippen LogP contribution in [0, 0.1) is 0 Å². The molecule has 2 heterocycles. The van der Waals surface area contributed by atoms with Crippen LogP contribution in [0.4, 0.5) is 24.7 Å². The Morgan fingerprint density at radius 3 is 2.58 bits per heavy atom. The molecule has 1 aliphatic heterocycles. The van der Waals surface area contributed by atoms with E-state index in [4.69, 9.17) is 16.3 Å². The summed E-state index contributed by atoms with van der Waals surface area (Å²) in [4.78, 5) is 20.2. The van der Waals surface area contributed by atoms with Gasteiger partial charge in [0.05, 0.1) is 29.4 Å². The average molecular weight is 457 g/mol. The standard InChI is InChI=1S/C21H24ClF3N4O2/c1-2-11-31-18-6-4-3-5-17(18)27-19(30)14-28-7-9-29(10-8-28)20-16(22)12-15(13-26-20)21(23,24)25/h3-6,12-13H,2,7-11,14H2,1H3,(H,27,30). The van der Waals surface area contributed by atoms with Crippen molar-refractivity contribution in [2.45, 2.75) is 19.5 Å². The number of alkyl halides is 3. The molecule has 0 spiro atoms. The first-order chi connectivity index (χ1) is 14.8. The largest absolute Gasteiger partial charge is 0.491 e. The Hall–Kier alpha value is -2.52. The summed E-state index contributed by atoms with van der Waals surface area (Å²) < 4.78 is 44.0. The molecule has 6 nitrogen and oxygen atoms in total. The Kier molecular flexibility index (Phi) is 7.61. The molecule has 0 saturated carbocycles. The zero-order chi connectivity index (χ0) is 22.4. The number of benzene rings is 1. The first-order valence-electron chi connectivity index (χ1n) is 9.99. The van der Waals surface area contributed by atoms with Gasteiger partial charge in [0.25, 0.3) is 0 Å². The van der Waals surface area contributed by atoms with Gasteiger partial charge in [-0.3, -0.25) is 9.69 Å². The highest BCUT2D eigenvalue weighted by atomic mass is 35.5. The van der Waals surface area contributed by atoms with Gasteiger partial charge < -0.3 is 15.0 Å². The van der Waals surface area contributed by atoms with Crippen molar-refractivity contribution < 1.29 is 22.7 Å². The van der Waals surface area contributed by atoms with Gasteiger partial charge in [0.1, 0.15) is 11.6 Å². The van der Waals surface area contributed by atoms with Crippen molar-refractivity contribution in [1.82, 2.24) is 9.88 Å². The number of hydrogen-bond donors (Lipinski definition) is 1. The minimum atomic E-state index is -4.48. The molecule has 10 heteroatoms. The molecular formula is C21H24ClF3N4O2. The number of carbonyl (C=O) groups is 1. The summed E-state index contributed by atoms with van der Waals surface area (Å²) in [7, 11) is 0. The predicted molar refractivity (Wildman–Crippen MR) is 114 cm³/mol. The van der Waals surface area contributed by atoms with Crippen LogP contribution in [0.25, 0.3) is 0 Å². The molecule has 1 aromatic carbocycles. The van der Waals surface area contributed by atoms with Gasteiger partial charge in [-0.05, 0) is 24.6 Å². The van der Waals surface area contributed by atoms with Gasteiger partial charge >= 0.3 is 6.18 Å². The number of anilines is 2. The van der Waals surface area contributed by atoms with E-state index < -0.39 is 11.7 Å². The van der Waals surface area contributed by atoms with E-state index in [1.54, 1.807) is 6.07 Å². The number of piperazine rings is 1. The lowest BCUT2D eigenvalue weighted by Gasteiger charge is -2.35. The van der Waals surface area contributed by atoms with Crippen LogP contribution >= 0.6 is 11.6 Å². The highest BCUT2D eigenvalue weighted by Gasteiger charge is 2.32. The molecule has 1 fully saturated rings. The summed E-state index contributed by atoms with van der Waals surface area (Å²) in [5.74, 6) is 0.790. The molecule has 1 amide bonds. The van der Waals surface area contributed by atoms with Crippen LogP contribution in [-0.2, 0) is 11.0 Å². The van der Waals surface area contributed by atoms with Crippen LogP contribution in [0.15, 0.2) is 36.5 Å². The fourth-order valence-corrected chi connectivity index (χ4v) is 3.52. The summed E-state index contributed by atoms with van der Waals surface area (Å²) in [6, 6.07) is 8.17. The molecule has 0 radical (unpaired) electrons. The zero-order valence-corrected chi connectivity index (χ0v) is 17.8. The minimum Gasteiger partial charge on any atom is -0.491 e. The topological polar surface area (TPSA) is 57.7 Å². The first kappa shape index (κ1) is 23.1. The lowest BCUT2D eigenvalue weighted by Crippen LogP contribution is -2.49. The SMILES string of the molecule is CCCOc1ccccc1NC(=O)CN1CCN(c2ncc(C(F)(F)F)cc2Cl)CC1. The van der Waals surface area contributed by atoms with Crippen molar-refractivity contribution in [2.24, 2.45) is 0 Å².